The van der Waals surface area contributed by atoms with Gasteiger partial charge in [-0.05, 0) is 20.9 Å². The summed E-state index contributed by atoms with van der Waals surface area (Å²) in [5.74, 6) is 0.306. The van der Waals surface area contributed by atoms with Crippen molar-refractivity contribution in [3.05, 3.63) is 0 Å². The van der Waals surface area contributed by atoms with E-state index in [2.05, 4.69) is 21.7 Å². The Kier molecular flexibility index (Phi) is 4.87. The third-order valence-electron chi connectivity index (χ3n) is 4.40. The number of hydrogen-bond donors (Lipinski definition) is 0. The van der Waals surface area contributed by atoms with Crippen molar-refractivity contribution in [2.75, 3.05) is 58.6 Å². The predicted octanol–water partition coefficient (Wildman–Crippen LogP) is -0.259. The van der Waals surface area contributed by atoms with Gasteiger partial charge in [-0.1, -0.05) is 0 Å². The molecule has 0 spiro atoms. The zero-order valence-corrected chi connectivity index (χ0v) is 13.2. The Balaban J connectivity index is 1.67. The molecule has 0 N–H and O–H groups in total. The van der Waals surface area contributed by atoms with E-state index in [0.717, 1.165) is 39.3 Å². The first-order chi connectivity index (χ1) is 8.88. The summed E-state index contributed by atoms with van der Waals surface area (Å²) in [4.78, 5) is 7.18. The number of rotatable bonds is 5. The minimum absolute atomic E-state index is 0.248. The maximum absolute atomic E-state index is 11.8. The number of likely N-dealkylation sites (N-methyl/N-ethyl adjacent to an activating group) is 1. The minimum Gasteiger partial charge on any atom is -0.304 e. The molecule has 6 heteroatoms. The molecular weight excluding hydrogens is 262 g/mol. The predicted molar refractivity (Wildman–Crippen MR) is 78.2 cm³/mol. The molecule has 2 aliphatic rings. The summed E-state index contributed by atoms with van der Waals surface area (Å²) in [7, 11) is -0.713. The molecule has 2 saturated heterocycles. The Morgan fingerprint density at radius 1 is 1.11 bits per heavy atom. The van der Waals surface area contributed by atoms with Crippen molar-refractivity contribution >= 4 is 9.84 Å². The SMILES string of the molecule is CC(C)S(=O)(=O)CCN1CC(N2CCN(C)CC2)C1. The van der Waals surface area contributed by atoms with Crippen molar-refractivity contribution in [2.24, 2.45) is 0 Å². The van der Waals surface area contributed by atoms with E-state index >= 15 is 0 Å². The maximum atomic E-state index is 11.8. The van der Waals surface area contributed by atoms with Gasteiger partial charge in [-0.2, -0.15) is 0 Å². The smallest absolute Gasteiger partial charge is 0.153 e. The fourth-order valence-corrected chi connectivity index (χ4v) is 3.62. The second kappa shape index (κ2) is 6.08. The van der Waals surface area contributed by atoms with Gasteiger partial charge in [-0.3, -0.25) is 9.80 Å². The molecule has 2 aliphatic heterocycles. The summed E-state index contributed by atoms with van der Waals surface area (Å²) in [5.41, 5.74) is 0. The van der Waals surface area contributed by atoms with Gasteiger partial charge in [0.25, 0.3) is 0 Å². The Bertz CT molecular complexity index is 383. The average Bonchev–Trinajstić information content (AvgIpc) is 2.29. The normalized spacial score (nSPS) is 24.8. The second-order valence-corrected chi connectivity index (χ2v) is 8.85. The molecule has 0 saturated carbocycles. The van der Waals surface area contributed by atoms with Gasteiger partial charge in [0.05, 0.1) is 11.0 Å². The lowest BCUT2D eigenvalue weighted by Crippen LogP contribution is -2.63. The lowest BCUT2D eigenvalue weighted by Gasteiger charge is -2.47. The van der Waals surface area contributed by atoms with E-state index in [1.54, 1.807) is 13.8 Å². The van der Waals surface area contributed by atoms with Gasteiger partial charge in [0.1, 0.15) is 0 Å². The average molecular weight is 289 g/mol. The minimum atomic E-state index is -2.88. The zero-order chi connectivity index (χ0) is 14.0. The molecule has 2 rings (SSSR count). The standard InChI is InChI=1S/C13H27N3O2S/c1-12(2)19(17,18)9-8-15-10-13(11-15)16-6-4-14(3)5-7-16/h12-13H,4-11H2,1-3H3. The molecular formula is C13H27N3O2S. The maximum Gasteiger partial charge on any atom is 0.153 e. The molecule has 2 fully saturated rings. The summed E-state index contributed by atoms with van der Waals surface area (Å²) >= 11 is 0. The molecule has 112 valence electrons. The van der Waals surface area contributed by atoms with Crippen molar-refractivity contribution in [1.29, 1.82) is 0 Å². The van der Waals surface area contributed by atoms with Crippen molar-refractivity contribution in [3.8, 4) is 0 Å². The van der Waals surface area contributed by atoms with Crippen molar-refractivity contribution in [1.82, 2.24) is 14.7 Å². The molecule has 0 atom stereocenters. The summed E-state index contributed by atoms with van der Waals surface area (Å²) in [6.45, 7) is 10.9. The number of nitrogens with zero attached hydrogens (tertiary/aromatic N) is 3. The third-order valence-corrected chi connectivity index (χ3v) is 6.59. The van der Waals surface area contributed by atoms with Crippen LogP contribution in [0.3, 0.4) is 0 Å². The van der Waals surface area contributed by atoms with E-state index in [-0.39, 0.29) is 5.25 Å². The zero-order valence-electron chi connectivity index (χ0n) is 12.4. The Morgan fingerprint density at radius 2 is 1.68 bits per heavy atom. The first-order valence-corrected chi connectivity index (χ1v) is 8.96. The van der Waals surface area contributed by atoms with E-state index in [4.69, 9.17) is 0 Å². The Hall–Kier alpha value is -0.170. The number of piperazine rings is 1. The number of hydrogen-bond acceptors (Lipinski definition) is 5. The lowest BCUT2D eigenvalue weighted by molar-refractivity contribution is 0.0129. The third kappa shape index (κ3) is 3.90. The van der Waals surface area contributed by atoms with Gasteiger partial charge in [-0.25, -0.2) is 8.42 Å². The van der Waals surface area contributed by atoms with Crippen LogP contribution in [0.1, 0.15) is 13.8 Å². The Morgan fingerprint density at radius 3 is 2.21 bits per heavy atom. The monoisotopic (exact) mass is 289 g/mol. The highest BCUT2D eigenvalue weighted by molar-refractivity contribution is 7.92. The fourth-order valence-electron chi connectivity index (χ4n) is 2.64. The summed E-state index contributed by atoms with van der Waals surface area (Å²) in [5, 5.41) is -0.248. The van der Waals surface area contributed by atoms with Crippen LogP contribution in [0.15, 0.2) is 0 Å². The van der Waals surface area contributed by atoms with Crippen LogP contribution in [0.25, 0.3) is 0 Å². The number of likely N-dealkylation sites (tertiary alicyclic amines) is 1. The van der Waals surface area contributed by atoms with Gasteiger partial charge in [0, 0.05) is 51.9 Å². The molecule has 0 amide bonds. The summed E-state index contributed by atoms with van der Waals surface area (Å²) < 4.78 is 23.5. The molecule has 0 radical (unpaired) electrons. The van der Waals surface area contributed by atoms with Crippen LogP contribution in [0, 0.1) is 0 Å². The van der Waals surface area contributed by atoms with E-state index in [9.17, 15) is 8.42 Å². The van der Waals surface area contributed by atoms with Gasteiger partial charge in [-0.15, -0.1) is 0 Å². The van der Waals surface area contributed by atoms with Crippen LogP contribution in [-0.4, -0.2) is 93.0 Å². The summed E-state index contributed by atoms with van der Waals surface area (Å²) in [6, 6.07) is 0.649. The van der Waals surface area contributed by atoms with E-state index in [0.29, 0.717) is 18.3 Å². The van der Waals surface area contributed by atoms with Gasteiger partial charge < -0.3 is 4.90 Å². The van der Waals surface area contributed by atoms with E-state index in [1.165, 1.54) is 0 Å². The molecule has 19 heavy (non-hydrogen) atoms. The lowest BCUT2D eigenvalue weighted by atomic mass is 10.1. The molecule has 0 aromatic rings. The highest BCUT2D eigenvalue weighted by Gasteiger charge is 2.33. The van der Waals surface area contributed by atoms with Crippen LogP contribution in [-0.2, 0) is 9.84 Å². The van der Waals surface area contributed by atoms with Gasteiger partial charge >= 0.3 is 0 Å². The second-order valence-electron chi connectivity index (χ2n) is 6.17. The topological polar surface area (TPSA) is 43.9 Å². The molecule has 2 heterocycles. The first-order valence-electron chi connectivity index (χ1n) is 7.25. The molecule has 0 bridgehead atoms. The van der Waals surface area contributed by atoms with Crippen molar-refractivity contribution in [3.63, 3.8) is 0 Å². The van der Waals surface area contributed by atoms with E-state index < -0.39 is 9.84 Å². The fraction of sp³-hybridized carbons (Fsp3) is 1.00. The van der Waals surface area contributed by atoms with E-state index in [1.807, 2.05) is 0 Å². The first kappa shape index (κ1) is 15.2. The molecule has 0 aromatic heterocycles. The summed E-state index contributed by atoms with van der Waals surface area (Å²) in [6.07, 6.45) is 0. The van der Waals surface area contributed by atoms with Crippen molar-refractivity contribution in [2.45, 2.75) is 25.1 Å². The van der Waals surface area contributed by atoms with Crippen LogP contribution in [0.5, 0.6) is 0 Å². The number of sulfone groups is 1. The Labute approximate surface area is 117 Å². The molecule has 5 nitrogen and oxygen atoms in total. The largest absolute Gasteiger partial charge is 0.304 e. The van der Waals surface area contributed by atoms with Crippen molar-refractivity contribution < 1.29 is 8.42 Å². The van der Waals surface area contributed by atoms with Crippen LogP contribution in [0.4, 0.5) is 0 Å². The highest BCUT2D eigenvalue weighted by atomic mass is 32.2. The van der Waals surface area contributed by atoms with Gasteiger partial charge in [0.15, 0.2) is 9.84 Å². The molecule has 0 aromatic carbocycles. The van der Waals surface area contributed by atoms with Gasteiger partial charge in [0.2, 0.25) is 0 Å². The van der Waals surface area contributed by atoms with Crippen LogP contribution >= 0.6 is 0 Å². The quantitative estimate of drug-likeness (QED) is 0.698. The molecule has 0 unspecified atom stereocenters. The molecule has 0 aliphatic carbocycles. The van der Waals surface area contributed by atoms with Crippen LogP contribution < -0.4 is 0 Å². The van der Waals surface area contributed by atoms with Crippen LogP contribution in [0.2, 0.25) is 0 Å². The highest BCUT2D eigenvalue weighted by Crippen LogP contribution is 2.16.